The highest BCUT2D eigenvalue weighted by Crippen LogP contribution is 2.29. The summed E-state index contributed by atoms with van der Waals surface area (Å²) in [6, 6.07) is 6.03. The van der Waals surface area contributed by atoms with E-state index in [9.17, 15) is 5.11 Å². The van der Waals surface area contributed by atoms with E-state index >= 15 is 0 Å². The molecule has 1 aliphatic heterocycles. The lowest BCUT2D eigenvalue weighted by Gasteiger charge is -2.42. The van der Waals surface area contributed by atoms with Crippen molar-refractivity contribution in [1.29, 1.82) is 0 Å². The Kier molecular flexibility index (Phi) is 4.71. The Morgan fingerprint density at radius 1 is 1.37 bits per heavy atom. The summed E-state index contributed by atoms with van der Waals surface area (Å²) in [6.07, 6.45) is 0. The van der Waals surface area contributed by atoms with Gasteiger partial charge in [0.05, 0.1) is 5.02 Å². The number of halogens is 1. The molecule has 106 valence electrons. The topological polar surface area (TPSA) is 26.7 Å². The van der Waals surface area contributed by atoms with E-state index in [2.05, 4.69) is 30.7 Å². The van der Waals surface area contributed by atoms with Crippen LogP contribution in [-0.4, -0.2) is 47.6 Å². The molecule has 1 aromatic carbocycles. The Bertz CT molecular complexity index is 436. The standard InChI is InChI=1S/C15H23ClN2O/c1-11(2)13-10-17(3)7-8-18(13)9-12-5-4-6-14(19)15(12)16/h4-6,11,13,19H,7-10H2,1-3H3. The Morgan fingerprint density at radius 3 is 2.79 bits per heavy atom. The second-order valence-electron chi connectivity index (χ2n) is 5.79. The van der Waals surface area contributed by atoms with Crippen molar-refractivity contribution in [3.05, 3.63) is 28.8 Å². The summed E-state index contributed by atoms with van der Waals surface area (Å²) in [5, 5.41) is 10.2. The van der Waals surface area contributed by atoms with Crippen LogP contribution in [0.3, 0.4) is 0 Å². The molecule has 1 saturated heterocycles. The van der Waals surface area contributed by atoms with Crippen molar-refractivity contribution in [2.45, 2.75) is 26.4 Å². The highest BCUT2D eigenvalue weighted by molar-refractivity contribution is 6.32. The van der Waals surface area contributed by atoms with Crippen molar-refractivity contribution in [3.63, 3.8) is 0 Å². The number of aromatic hydroxyl groups is 1. The van der Waals surface area contributed by atoms with E-state index in [0.29, 0.717) is 17.0 Å². The van der Waals surface area contributed by atoms with E-state index < -0.39 is 0 Å². The van der Waals surface area contributed by atoms with Crippen LogP contribution in [0.1, 0.15) is 19.4 Å². The normalized spacial score (nSPS) is 22.1. The fraction of sp³-hybridized carbons (Fsp3) is 0.600. The first-order valence-electron chi connectivity index (χ1n) is 6.88. The third kappa shape index (κ3) is 3.41. The second kappa shape index (κ2) is 6.12. The fourth-order valence-corrected chi connectivity index (χ4v) is 2.91. The quantitative estimate of drug-likeness (QED) is 0.923. The average molecular weight is 283 g/mol. The summed E-state index contributed by atoms with van der Waals surface area (Å²) in [5.41, 5.74) is 1.01. The van der Waals surface area contributed by atoms with Crippen molar-refractivity contribution < 1.29 is 5.11 Å². The third-order valence-electron chi connectivity index (χ3n) is 3.94. The maximum Gasteiger partial charge on any atom is 0.134 e. The van der Waals surface area contributed by atoms with Crippen LogP contribution in [0, 0.1) is 5.92 Å². The molecule has 1 atom stereocenters. The fourth-order valence-electron chi connectivity index (χ4n) is 2.73. The van der Waals surface area contributed by atoms with Crippen LogP contribution in [0.4, 0.5) is 0 Å². The van der Waals surface area contributed by atoms with Crippen LogP contribution in [0.25, 0.3) is 0 Å². The monoisotopic (exact) mass is 282 g/mol. The molecule has 0 aromatic heterocycles. The Hall–Kier alpha value is -0.770. The van der Waals surface area contributed by atoms with Gasteiger partial charge >= 0.3 is 0 Å². The number of hydrogen-bond donors (Lipinski definition) is 1. The van der Waals surface area contributed by atoms with Gasteiger partial charge in [-0.15, -0.1) is 0 Å². The van der Waals surface area contributed by atoms with Crippen LogP contribution in [0.15, 0.2) is 18.2 Å². The van der Waals surface area contributed by atoms with Gasteiger partial charge in [0.15, 0.2) is 0 Å². The smallest absolute Gasteiger partial charge is 0.134 e. The summed E-state index contributed by atoms with van der Waals surface area (Å²) in [6.45, 7) is 8.56. The van der Waals surface area contributed by atoms with Crippen LogP contribution < -0.4 is 0 Å². The number of rotatable bonds is 3. The minimum absolute atomic E-state index is 0.175. The maximum absolute atomic E-state index is 9.69. The molecule has 0 amide bonds. The van der Waals surface area contributed by atoms with Gasteiger partial charge in [0.1, 0.15) is 5.75 Å². The predicted octanol–water partition coefficient (Wildman–Crippen LogP) is 2.82. The zero-order chi connectivity index (χ0) is 14.0. The molecule has 4 heteroatoms. The molecule has 0 spiro atoms. The second-order valence-corrected chi connectivity index (χ2v) is 6.17. The first kappa shape index (κ1) is 14.6. The lowest BCUT2D eigenvalue weighted by atomic mass is 9.99. The highest BCUT2D eigenvalue weighted by atomic mass is 35.5. The van der Waals surface area contributed by atoms with E-state index in [1.54, 1.807) is 6.07 Å². The molecule has 19 heavy (non-hydrogen) atoms. The van der Waals surface area contributed by atoms with Gasteiger partial charge in [-0.05, 0) is 24.6 Å². The van der Waals surface area contributed by atoms with Gasteiger partial charge in [0.2, 0.25) is 0 Å². The molecule has 1 fully saturated rings. The summed E-state index contributed by atoms with van der Waals surface area (Å²) in [7, 11) is 2.17. The third-order valence-corrected chi connectivity index (χ3v) is 4.37. The molecule has 1 aliphatic rings. The average Bonchev–Trinajstić information content (AvgIpc) is 2.36. The molecule has 1 aromatic rings. The molecule has 2 rings (SSSR count). The molecule has 0 saturated carbocycles. The molecule has 1 unspecified atom stereocenters. The Balaban J connectivity index is 2.14. The molecule has 1 N–H and O–H groups in total. The molecule has 0 bridgehead atoms. The maximum atomic E-state index is 9.69. The summed E-state index contributed by atoms with van der Waals surface area (Å²) >= 11 is 6.18. The number of benzene rings is 1. The SMILES string of the molecule is CC(C)C1CN(C)CCN1Cc1cccc(O)c1Cl. The van der Waals surface area contributed by atoms with Crippen molar-refractivity contribution in [3.8, 4) is 5.75 Å². The van der Waals surface area contributed by atoms with Crippen molar-refractivity contribution >= 4 is 11.6 Å². The minimum Gasteiger partial charge on any atom is -0.506 e. The van der Waals surface area contributed by atoms with E-state index in [1.807, 2.05) is 12.1 Å². The van der Waals surface area contributed by atoms with E-state index in [1.165, 1.54) is 0 Å². The lowest BCUT2D eigenvalue weighted by Crippen LogP contribution is -2.53. The number of hydrogen-bond acceptors (Lipinski definition) is 3. The Labute approximate surface area is 120 Å². The molecule has 1 heterocycles. The van der Waals surface area contributed by atoms with Gasteiger partial charge in [0, 0.05) is 32.2 Å². The summed E-state index contributed by atoms with van der Waals surface area (Å²) in [5.74, 6) is 0.785. The minimum atomic E-state index is 0.175. The molecular formula is C15H23ClN2O. The van der Waals surface area contributed by atoms with Gasteiger partial charge < -0.3 is 10.0 Å². The zero-order valence-corrected chi connectivity index (χ0v) is 12.7. The summed E-state index contributed by atoms with van der Waals surface area (Å²) in [4.78, 5) is 4.86. The van der Waals surface area contributed by atoms with Gasteiger partial charge in [-0.3, -0.25) is 4.90 Å². The van der Waals surface area contributed by atoms with Crippen molar-refractivity contribution in [2.24, 2.45) is 5.92 Å². The number of phenols is 1. The zero-order valence-electron chi connectivity index (χ0n) is 11.9. The molecule has 3 nitrogen and oxygen atoms in total. The van der Waals surface area contributed by atoms with Crippen molar-refractivity contribution in [2.75, 3.05) is 26.7 Å². The molecule has 0 radical (unpaired) electrons. The van der Waals surface area contributed by atoms with Crippen molar-refractivity contribution in [1.82, 2.24) is 9.80 Å². The van der Waals surface area contributed by atoms with Gasteiger partial charge in [-0.1, -0.05) is 37.6 Å². The van der Waals surface area contributed by atoms with Gasteiger partial charge in [0.25, 0.3) is 0 Å². The number of nitrogens with zero attached hydrogens (tertiary/aromatic N) is 2. The van der Waals surface area contributed by atoms with E-state index in [-0.39, 0.29) is 5.75 Å². The van der Waals surface area contributed by atoms with Crippen LogP contribution in [0.5, 0.6) is 5.75 Å². The van der Waals surface area contributed by atoms with E-state index in [4.69, 9.17) is 11.6 Å². The summed E-state index contributed by atoms with van der Waals surface area (Å²) < 4.78 is 0. The highest BCUT2D eigenvalue weighted by Gasteiger charge is 2.28. The molecule has 0 aliphatic carbocycles. The number of likely N-dealkylation sites (N-methyl/N-ethyl adjacent to an activating group) is 1. The predicted molar refractivity (Wildman–Crippen MR) is 79.6 cm³/mol. The van der Waals surface area contributed by atoms with Crippen LogP contribution in [0.2, 0.25) is 5.02 Å². The molecular weight excluding hydrogens is 260 g/mol. The number of piperazine rings is 1. The first-order chi connectivity index (χ1) is 8.99. The van der Waals surface area contributed by atoms with E-state index in [0.717, 1.165) is 31.7 Å². The van der Waals surface area contributed by atoms with Crippen LogP contribution >= 0.6 is 11.6 Å². The largest absolute Gasteiger partial charge is 0.506 e. The van der Waals surface area contributed by atoms with Crippen LogP contribution in [-0.2, 0) is 6.54 Å². The van der Waals surface area contributed by atoms with Gasteiger partial charge in [-0.25, -0.2) is 0 Å². The first-order valence-corrected chi connectivity index (χ1v) is 7.25. The lowest BCUT2D eigenvalue weighted by molar-refractivity contribution is 0.0571. The Morgan fingerprint density at radius 2 is 2.11 bits per heavy atom. The number of phenolic OH excluding ortho intramolecular Hbond substituents is 1. The van der Waals surface area contributed by atoms with Gasteiger partial charge in [-0.2, -0.15) is 0 Å².